The summed E-state index contributed by atoms with van der Waals surface area (Å²) < 4.78 is 194. The number of sulfone groups is 3. The summed E-state index contributed by atoms with van der Waals surface area (Å²) in [7, 11) is -11.7. The monoisotopic (exact) mass is 906 g/mol. The smallest absolute Gasteiger partial charge is 0.406 e. The maximum atomic E-state index is 12.3. The molecule has 0 atom stereocenters. The summed E-state index contributed by atoms with van der Waals surface area (Å²) in [6.07, 6.45) is -14.6. The molecule has 6 aromatic carbocycles. The minimum absolute atomic E-state index is 0.00385. The van der Waals surface area contributed by atoms with E-state index in [4.69, 9.17) is 0 Å². The largest absolute Gasteiger partial charge is 0.573 e. The Bertz CT molecular complexity index is 2660. The summed E-state index contributed by atoms with van der Waals surface area (Å²) in [5.41, 5.74) is 0. The van der Waals surface area contributed by atoms with Crippen molar-refractivity contribution in [2.75, 3.05) is 0 Å². The number of ether oxygens (including phenoxy) is 3. The predicted octanol–water partition coefficient (Wildman–Crippen LogP) is 10.3. The van der Waals surface area contributed by atoms with Crippen molar-refractivity contribution in [3.63, 3.8) is 0 Å². The Labute approximate surface area is 337 Å². The Morgan fingerprint density at radius 1 is 0.317 bits per heavy atom. The number of halogens is 9. The van der Waals surface area contributed by atoms with Crippen LogP contribution in [0.1, 0.15) is 0 Å². The number of hydrogen-bond donors (Lipinski definition) is 0. The second kappa shape index (κ2) is 18.9. The highest BCUT2D eigenvalue weighted by molar-refractivity contribution is 7.92. The van der Waals surface area contributed by atoms with E-state index in [1.807, 2.05) is 0 Å². The summed E-state index contributed by atoms with van der Waals surface area (Å²) in [6, 6.07) is 35.2. The molecule has 21 heteroatoms. The van der Waals surface area contributed by atoms with Gasteiger partial charge in [0.05, 0.1) is 24.5 Å². The van der Waals surface area contributed by atoms with Crippen molar-refractivity contribution in [2.24, 2.45) is 0 Å². The number of para-hydroxylation sites is 1. The highest BCUT2D eigenvalue weighted by atomic mass is 32.2. The molecule has 0 aliphatic rings. The van der Waals surface area contributed by atoms with Crippen molar-refractivity contribution in [1.29, 1.82) is 0 Å². The molecule has 0 saturated carbocycles. The molecule has 9 nitrogen and oxygen atoms in total. The van der Waals surface area contributed by atoms with Gasteiger partial charge in [0.2, 0.25) is 29.5 Å². The van der Waals surface area contributed by atoms with Gasteiger partial charge in [-0.3, -0.25) is 0 Å². The second-order valence-electron chi connectivity index (χ2n) is 11.5. The van der Waals surface area contributed by atoms with Crippen LogP contribution in [0, 0.1) is 0 Å². The number of hydrogen-bond acceptors (Lipinski definition) is 9. The highest BCUT2D eigenvalue weighted by Gasteiger charge is 2.35. The Hall–Kier alpha value is -6.06. The number of rotatable bonds is 9. The van der Waals surface area contributed by atoms with Crippen LogP contribution in [-0.2, 0) is 29.5 Å². The van der Waals surface area contributed by atoms with Crippen molar-refractivity contribution >= 4 is 29.5 Å². The van der Waals surface area contributed by atoms with Crippen LogP contribution in [0.4, 0.5) is 39.5 Å². The van der Waals surface area contributed by atoms with Crippen molar-refractivity contribution in [3.8, 4) is 17.2 Å². The lowest BCUT2D eigenvalue weighted by atomic mass is 10.3. The maximum absolute atomic E-state index is 12.3. The van der Waals surface area contributed by atoms with E-state index < -0.39 is 70.7 Å². The molecule has 0 aromatic heterocycles. The molecule has 0 N–H and O–H groups in total. The molecule has 0 unspecified atom stereocenters. The fourth-order valence-corrected chi connectivity index (χ4v) is 8.74. The van der Waals surface area contributed by atoms with Crippen LogP contribution in [0.3, 0.4) is 0 Å². The third kappa shape index (κ3) is 13.5. The second-order valence-corrected chi connectivity index (χ2v) is 17.3. The van der Waals surface area contributed by atoms with E-state index in [1.54, 1.807) is 30.3 Å². The van der Waals surface area contributed by atoms with Gasteiger partial charge >= 0.3 is 19.1 Å². The molecule has 0 amide bonds. The molecule has 0 radical (unpaired) electrons. The summed E-state index contributed by atoms with van der Waals surface area (Å²) in [4.78, 5) is -0.904. The van der Waals surface area contributed by atoms with Gasteiger partial charge in [0.1, 0.15) is 22.1 Å². The van der Waals surface area contributed by atoms with Gasteiger partial charge in [0.15, 0.2) is 0 Å². The fourth-order valence-electron chi connectivity index (χ4n) is 4.74. The molecular weight excluding hydrogens is 880 g/mol. The van der Waals surface area contributed by atoms with Gasteiger partial charge in [-0.1, -0.05) is 72.8 Å². The molecule has 0 heterocycles. The first-order valence-electron chi connectivity index (χ1n) is 16.4. The minimum atomic E-state index is -4.96. The maximum Gasteiger partial charge on any atom is 0.573 e. The molecule has 0 saturated heterocycles. The van der Waals surface area contributed by atoms with Crippen LogP contribution >= 0.6 is 0 Å². The summed E-state index contributed by atoms with van der Waals surface area (Å²) in [5, 5.41) is 0. The normalized spacial score (nSPS) is 12.2. The molecule has 0 aliphatic heterocycles. The predicted molar refractivity (Wildman–Crippen MR) is 195 cm³/mol. The van der Waals surface area contributed by atoms with Gasteiger partial charge in [-0.2, -0.15) is 0 Å². The van der Waals surface area contributed by atoms with Crippen LogP contribution in [0.25, 0.3) is 0 Å². The first-order valence-corrected chi connectivity index (χ1v) is 20.8. The van der Waals surface area contributed by atoms with Gasteiger partial charge in [-0.25, -0.2) is 25.3 Å². The zero-order chi connectivity index (χ0) is 44.4. The molecule has 0 bridgehead atoms. The van der Waals surface area contributed by atoms with E-state index >= 15 is 0 Å². The minimum Gasteiger partial charge on any atom is -0.406 e. The fraction of sp³-hybridized carbons (Fsp3) is 0.0769. The SMILES string of the molecule is O=S(=O)(c1ccccc1)c1ccc(OC(F)(F)F)cc1.O=S(=O)(c1ccccc1)c1cccc(OC(F)(F)F)c1.O=S(=O)(c1ccccc1)c1ccccc1OC(F)(F)F. The Balaban J connectivity index is 0.000000198. The van der Waals surface area contributed by atoms with Gasteiger partial charge in [0.25, 0.3) is 0 Å². The van der Waals surface area contributed by atoms with Gasteiger partial charge in [0, 0.05) is 0 Å². The first-order chi connectivity index (χ1) is 27.9. The van der Waals surface area contributed by atoms with E-state index in [1.165, 1.54) is 84.9 Å². The third-order valence-electron chi connectivity index (χ3n) is 7.24. The lowest BCUT2D eigenvalue weighted by molar-refractivity contribution is -0.276. The Morgan fingerprint density at radius 2 is 0.667 bits per heavy atom. The lowest BCUT2D eigenvalue weighted by Gasteiger charge is -2.13. The summed E-state index contributed by atoms with van der Waals surface area (Å²) in [6.45, 7) is 0. The summed E-state index contributed by atoms with van der Waals surface area (Å²) in [5.74, 6) is -1.79. The van der Waals surface area contributed by atoms with Crippen molar-refractivity contribution in [1.82, 2.24) is 0 Å². The van der Waals surface area contributed by atoms with E-state index in [0.29, 0.717) is 0 Å². The zero-order valence-electron chi connectivity index (χ0n) is 29.9. The van der Waals surface area contributed by atoms with Crippen LogP contribution in [0.5, 0.6) is 17.2 Å². The van der Waals surface area contributed by atoms with Gasteiger partial charge in [-0.15, -0.1) is 39.5 Å². The van der Waals surface area contributed by atoms with E-state index in [0.717, 1.165) is 48.5 Å². The summed E-state index contributed by atoms with van der Waals surface area (Å²) >= 11 is 0. The quantitative estimate of drug-likeness (QED) is 0.130. The molecule has 0 spiro atoms. The molecule has 6 aromatic rings. The van der Waals surface area contributed by atoms with Gasteiger partial charge in [-0.05, 0) is 91.0 Å². The average Bonchev–Trinajstić information content (AvgIpc) is 3.18. The number of alkyl halides is 9. The molecule has 0 fully saturated rings. The van der Waals surface area contributed by atoms with Crippen molar-refractivity contribution < 1.29 is 79.0 Å². The molecular formula is C39H27F9O9S3. The topological polar surface area (TPSA) is 130 Å². The number of benzene rings is 6. The van der Waals surface area contributed by atoms with Crippen molar-refractivity contribution in [2.45, 2.75) is 48.5 Å². The highest BCUT2D eigenvalue weighted by Crippen LogP contribution is 2.33. The molecule has 0 aliphatic carbocycles. The zero-order valence-corrected chi connectivity index (χ0v) is 32.3. The Morgan fingerprint density at radius 3 is 1.12 bits per heavy atom. The molecule has 60 heavy (non-hydrogen) atoms. The van der Waals surface area contributed by atoms with E-state index in [2.05, 4.69) is 14.2 Å². The van der Waals surface area contributed by atoms with Crippen LogP contribution in [0.15, 0.2) is 193 Å². The molecule has 6 rings (SSSR count). The average molecular weight is 907 g/mol. The Kier molecular flexibility index (Phi) is 14.7. The van der Waals surface area contributed by atoms with Crippen LogP contribution in [0.2, 0.25) is 0 Å². The van der Waals surface area contributed by atoms with E-state index in [-0.39, 0.29) is 24.5 Å². The van der Waals surface area contributed by atoms with Crippen LogP contribution < -0.4 is 14.2 Å². The van der Waals surface area contributed by atoms with Crippen LogP contribution in [-0.4, -0.2) is 44.3 Å². The first kappa shape index (κ1) is 46.6. The standard InChI is InChI=1S/3C13H9F3O3S/c14-13(15,16)19-10-5-4-8-12(9-10)20(17,18)11-6-2-1-3-7-11;14-13(15,16)19-11-8-4-5-9-12(11)20(17,18)10-6-2-1-3-7-10;14-13(15,16)19-10-6-8-12(9-7-10)20(17,18)11-4-2-1-3-5-11/h3*1-9H. The van der Waals surface area contributed by atoms with E-state index in [9.17, 15) is 64.8 Å². The third-order valence-corrected chi connectivity index (χ3v) is 12.6. The lowest BCUT2D eigenvalue weighted by Crippen LogP contribution is -2.19. The van der Waals surface area contributed by atoms with Crippen molar-refractivity contribution in [3.05, 3.63) is 164 Å². The molecule has 318 valence electrons. The van der Waals surface area contributed by atoms with Gasteiger partial charge < -0.3 is 14.2 Å².